The molecule has 12 nitrogen and oxygen atoms in total. The first-order valence-electron chi connectivity index (χ1n) is 16.8. The molecule has 0 radical (unpaired) electrons. The molecule has 0 unspecified atom stereocenters. The molecule has 2 aromatic heterocycles. The van der Waals surface area contributed by atoms with Crippen LogP contribution >= 0.6 is 22.9 Å². The van der Waals surface area contributed by atoms with Crippen molar-refractivity contribution in [3.8, 4) is 22.6 Å². The minimum absolute atomic E-state index is 0.0179. The van der Waals surface area contributed by atoms with Gasteiger partial charge in [-0.25, -0.2) is 9.59 Å². The van der Waals surface area contributed by atoms with Gasteiger partial charge in [0.1, 0.15) is 28.2 Å². The number of halogens is 1. The number of carboxylic acids is 1. The number of carboxylic acid groups (broad SMARTS) is 1. The average molecular weight is 745 g/mol. The number of aryl methyl sites for hydroxylation is 2. The van der Waals surface area contributed by atoms with E-state index in [0.29, 0.717) is 42.6 Å². The lowest BCUT2D eigenvalue weighted by atomic mass is 9.99. The standard InChI is InChI=1S/C38H41ClN6O6S/c1-22-23(2)52-35-32(22)33(25-11-13-27(39)14-12-25)42-30(34-44-43-24(3)45(34)35)21-31(46)40-17-7-8-19-50-28-15-16-29(36(47)48)26(20-28)10-9-18-41-37(49)51-38(4,5)6/h11-16,20,30H,7-8,17-19,21H2,1-6H3,(H,40,46)(H,41,49)(H,47,48)/t30-/m0/s1. The van der Waals surface area contributed by atoms with Crippen molar-refractivity contribution >= 4 is 46.6 Å². The van der Waals surface area contributed by atoms with E-state index in [0.717, 1.165) is 33.2 Å². The number of aliphatic imine (C=N–C) groups is 1. The van der Waals surface area contributed by atoms with E-state index in [1.165, 1.54) is 10.9 Å². The molecule has 0 bridgehead atoms. The summed E-state index contributed by atoms with van der Waals surface area (Å²) in [5.41, 5.74) is 3.45. The molecule has 272 valence electrons. The Bertz CT molecular complexity index is 2070. The lowest BCUT2D eigenvalue weighted by Crippen LogP contribution is -2.32. The maximum atomic E-state index is 13.3. The molecule has 1 atom stereocenters. The van der Waals surface area contributed by atoms with Crippen LogP contribution in [0.3, 0.4) is 0 Å². The molecular formula is C38H41ClN6O6S. The second-order valence-corrected chi connectivity index (χ2v) is 14.8. The molecule has 3 heterocycles. The molecule has 0 saturated heterocycles. The Morgan fingerprint density at radius 3 is 2.50 bits per heavy atom. The first kappa shape index (κ1) is 38.1. The third-order valence-electron chi connectivity index (χ3n) is 8.06. The van der Waals surface area contributed by atoms with Gasteiger partial charge in [0.15, 0.2) is 5.82 Å². The maximum Gasteiger partial charge on any atom is 0.408 e. The van der Waals surface area contributed by atoms with Crippen molar-refractivity contribution in [1.29, 1.82) is 0 Å². The number of hydrogen-bond donors (Lipinski definition) is 3. The van der Waals surface area contributed by atoms with Crippen molar-refractivity contribution < 1.29 is 29.0 Å². The molecule has 0 saturated carbocycles. The second kappa shape index (κ2) is 16.4. The summed E-state index contributed by atoms with van der Waals surface area (Å²) < 4.78 is 13.1. The van der Waals surface area contributed by atoms with Gasteiger partial charge in [0.25, 0.3) is 0 Å². The van der Waals surface area contributed by atoms with E-state index in [9.17, 15) is 19.5 Å². The van der Waals surface area contributed by atoms with Crippen LogP contribution in [0.4, 0.5) is 4.79 Å². The summed E-state index contributed by atoms with van der Waals surface area (Å²) >= 11 is 7.87. The van der Waals surface area contributed by atoms with Gasteiger partial charge < -0.3 is 25.2 Å². The zero-order valence-corrected chi connectivity index (χ0v) is 31.5. The highest BCUT2D eigenvalue weighted by Crippen LogP contribution is 2.39. The van der Waals surface area contributed by atoms with E-state index in [4.69, 9.17) is 26.1 Å². The van der Waals surface area contributed by atoms with Crippen LogP contribution in [-0.2, 0) is 9.53 Å². The van der Waals surface area contributed by atoms with E-state index in [1.54, 1.807) is 44.2 Å². The summed E-state index contributed by atoms with van der Waals surface area (Å²) in [7, 11) is 0. The molecule has 5 rings (SSSR count). The Morgan fingerprint density at radius 1 is 1.04 bits per heavy atom. The van der Waals surface area contributed by atoms with E-state index in [1.807, 2.05) is 35.8 Å². The number of thiophene rings is 1. The molecule has 2 aromatic carbocycles. The number of hydrogen-bond acceptors (Lipinski definition) is 9. The highest BCUT2D eigenvalue weighted by molar-refractivity contribution is 7.15. The van der Waals surface area contributed by atoms with Crippen LogP contribution in [0.2, 0.25) is 5.02 Å². The number of benzene rings is 2. The number of nitrogens with one attached hydrogen (secondary N) is 2. The minimum Gasteiger partial charge on any atom is -0.494 e. The summed E-state index contributed by atoms with van der Waals surface area (Å²) in [4.78, 5) is 43.2. The monoisotopic (exact) mass is 744 g/mol. The normalized spacial score (nSPS) is 13.4. The Morgan fingerprint density at radius 2 is 1.79 bits per heavy atom. The predicted molar refractivity (Wildman–Crippen MR) is 200 cm³/mol. The number of ether oxygens (including phenoxy) is 2. The lowest BCUT2D eigenvalue weighted by Gasteiger charge is -2.19. The Kier molecular flexibility index (Phi) is 12.0. The molecule has 0 fully saturated rings. The lowest BCUT2D eigenvalue weighted by molar-refractivity contribution is -0.121. The Hall–Kier alpha value is -5.19. The van der Waals surface area contributed by atoms with Crippen LogP contribution in [0.25, 0.3) is 5.00 Å². The van der Waals surface area contributed by atoms with Crippen molar-refractivity contribution in [2.75, 3.05) is 19.7 Å². The molecular weight excluding hydrogens is 704 g/mol. The number of rotatable bonds is 11. The zero-order chi connectivity index (χ0) is 37.6. The van der Waals surface area contributed by atoms with Gasteiger partial charge in [-0.3, -0.25) is 14.4 Å². The summed E-state index contributed by atoms with van der Waals surface area (Å²) in [6, 6.07) is 11.6. The van der Waals surface area contributed by atoms with Crippen LogP contribution < -0.4 is 15.4 Å². The van der Waals surface area contributed by atoms with Crippen molar-refractivity contribution in [3.05, 3.63) is 91.8 Å². The first-order valence-corrected chi connectivity index (χ1v) is 18.0. The van der Waals surface area contributed by atoms with E-state index < -0.39 is 23.7 Å². The van der Waals surface area contributed by atoms with E-state index in [2.05, 4.69) is 46.5 Å². The number of carbonyl (C=O) groups is 3. The summed E-state index contributed by atoms with van der Waals surface area (Å²) in [6.07, 6.45) is 0.760. The van der Waals surface area contributed by atoms with E-state index >= 15 is 0 Å². The zero-order valence-electron chi connectivity index (χ0n) is 29.9. The third-order valence-corrected chi connectivity index (χ3v) is 9.51. The van der Waals surface area contributed by atoms with Gasteiger partial charge in [0, 0.05) is 33.1 Å². The molecule has 1 aliphatic heterocycles. The summed E-state index contributed by atoms with van der Waals surface area (Å²) in [5.74, 6) is 6.05. The summed E-state index contributed by atoms with van der Waals surface area (Å²) in [5, 5.41) is 25.5. The number of alkyl carbamates (subject to hydrolysis) is 1. The van der Waals surface area contributed by atoms with Gasteiger partial charge in [0.2, 0.25) is 5.91 Å². The summed E-state index contributed by atoms with van der Waals surface area (Å²) in [6.45, 7) is 12.1. The van der Waals surface area contributed by atoms with Gasteiger partial charge in [0.05, 0.1) is 30.8 Å². The quantitative estimate of drug-likeness (QED) is 0.113. The molecule has 52 heavy (non-hydrogen) atoms. The molecule has 0 spiro atoms. The number of aromatic carboxylic acids is 1. The highest BCUT2D eigenvalue weighted by atomic mass is 35.5. The Labute approximate surface area is 311 Å². The van der Waals surface area contributed by atoms with Crippen molar-refractivity contribution in [2.24, 2.45) is 4.99 Å². The van der Waals surface area contributed by atoms with Gasteiger partial charge in [-0.2, -0.15) is 0 Å². The highest BCUT2D eigenvalue weighted by Gasteiger charge is 2.32. The number of fused-ring (bicyclic) bond motifs is 3. The van der Waals surface area contributed by atoms with Crippen molar-refractivity contribution in [3.63, 3.8) is 0 Å². The molecule has 0 aliphatic carbocycles. The van der Waals surface area contributed by atoms with Crippen LogP contribution in [-0.4, -0.2) is 68.8 Å². The molecule has 14 heteroatoms. The number of unbranched alkanes of at least 4 members (excludes halogenated alkanes) is 1. The van der Waals surface area contributed by atoms with Gasteiger partial charge in [-0.1, -0.05) is 35.6 Å². The predicted octanol–water partition coefficient (Wildman–Crippen LogP) is 6.74. The SMILES string of the molecule is Cc1sc2c(c1C)C(c1ccc(Cl)cc1)=N[C@@H](CC(=O)NCCCCOc1ccc(C(=O)O)c(C#CCNC(=O)OC(C)(C)C)c1)c1nnc(C)n1-2. The maximum absolute atomic E-state index is 13.3. The number of aromatic nitrogens is 3. The van der Waals surface area contributed by atoms with Crippen LogP contribution in [0.1, 0.15) is 95.2 Å². The van der Waals surface area contributed by atoms with E-state index in [-0.39, 0.29) is 30.0 Å². The fraction of sp³-hybridized carbons (Fsp3) is 0.368. The smallest absolute Gasteiger partial charge is 0.408 e. The van der Waals surface area contributed by atoms with Gasteiger partial charge >= 0.3 is 12.1 Å². The molecule has 3 N–H and O–H groups in total. The molecule has 1 aliphatic rings. The van der Waals surface area contributed by atoms with Crippen LogP contribution in [0.5, 0.6) is 5.75 Å². The largest absolute Gasteiger partial charge is 0.494 e. The topological polar surface area (TPSA) is 157 Å². The van der Waals surface area contributed by atoms with Crippen molar-refractivity contribution in [1.82, 2.24) is 25.4 Å². The Balaban J connectivity index is 1.17. The average Bonchev–Trinajstić information content (AvgIpc) is 3.55. The van der Waals surface area contributed by atoms with Crippen molar-refractivity contribution in [2.45, 2.75) is 72.4 Å². The first-order chi connectivity index (χ1) is 24.7. The van der Waals surface area contributed by atoms with Crippen LogP contribution in [0.15, 0.2) is 47.5 Å². The molecule has 4 aromatic rings. The number of amides is 2. The fourth-order valence-electron chi connectivity index (χ4n) is 5.50. The number of carbonyl (C=O) groups excluding carboxylic acids is 2. The number of nitrogens with zero attached hydrogens (tertiary/aromatic N) is 4. The fourth-order valence-corrected chi connectivity index (χ4v) is 6.84. The second-order valence-electron chi connectivity index (χ2n) is 13.2. The molecule has 2 amide bonds. The van der Waals surface area contributed by atoms with Crippen LogP contribution in [0, 0.1) is 32.6 Å². The van der Waals surface area contributed by atoms with Gasteiger partial charge in [-0.15, -0.1) is 21.5 Å². The van der Waals surface area contributed by atoms with Gasteiger partial charge in [-0.05, 0) is 90.3 Å². The third kappa shape index (κ3) is 9.37. The minimum atomic E-state index is -1.13.